The molecule has 0 fully saturated rings. The van der Waals surface area contributed by atoms with Gasteiger partial charge in [0.1, 0.15) is 0 Å². The second-order valence-electron chi connectivity index (χ2n) is 5.28. The van der Waals surface area contributed by atoms with Gasteiger partial charge in [-0.15, -0.1) is 0 Å². The molecule has 0 aromatic carbocycles. The predicted molar refractivity (Wildman–Crippen MR) is 73.4 cm³/mol. The minimum absolute atomic E-state index is 0.0933. The number of alkyl halides is 2. The van der Waals surface area contributed by atoms with Gasteiger partial charge in [-0.2, -0.15) is 8.78 Å². The van der Waals surface area contributed by atoms with Gasteiger partial charge in [-0.1, -0.05) is 12.8 Å². The summed E-state index contributed by atoms with van der Waals surface area (Å²) in [5, 5.41) is -4.59. The molecule has 0 heterocycles. The maximum atomic E-state index is 12.7. The van der Waals surface area contributed by atoms with Gasteiger partial charge in [-0.3, -0.25) is 4.79 Å². The Labute approximate surface area is 124 Å². The molecule has 0 saturated heterocycles. The molecule has 10 heteroatoms. The summed E-state index contributed by atoms with van der Waals surface area (Å²) in [4.78, 5) is 11.2. The molecule has 0 radical (unpaired) electrons. The highest BCUT2D eigenvalue weighted by atomic mass is 32.2. The van der Waals surface area contributed by atoms with Crippen molar-refractivity contribution in [2.45, 2.75) is 50.1 Å². The van der Waals surface area contributed by atoms with Crippen LogP contribution in [0, 0.1) is 0 Å². The molecule has 0 bridgehead atoms. The Morgan fingerprint density at radius 2 is 1.81 bits per heavy atom. The summed E-state index contributed by atoms with van der Waals surface area (Å²) in [6.07, 6.45) is 1.92. The van der Waals surface area contributed by atoms with Gasteiger partial charge >= 0.3 is 11.2 Å². The van der Waals surface area contributed by atoms with E-state index in [0.717, 1.165) is 12.5 Å². The molecule has 21 heavy (non-hydrogen) atoms. The van der Waals surface area contributed by atoms with Crippen molar-refractivity contribution in [1.29, 1.82) is 0 Å². The highest BCUT2D eigenvalue weighted by molar-refractivity contribution is 7.86. The van der Waals surface area contributed by atoms with Crippen molar-refractivity contribution in [3.05, 3.63) is 0 Å². The van der Waals surface area contributed by atoms with Crippen molar-refractivity contribution < 1.29 is 35.7 Å². The molecule has 0 atom stereocenters. The van der Waals surface area contributed by atoms with Crippen LogP contribution in [0.3, 0.4) is 0 Å². The number of unbranched alkanes of at least 4 members (excludes halogenated alkanes) is 2. The van der Waals surface area contributed by atoms with Gasteiger partial charge in [0.25, 0.3) is 0 Å². The van der Waals surface area contributed by atoms with E-state index in [-0.39, 0.29) is 6.42 Å². The van der Waals surface area contributed by atoms with Crippen molar-refractivity contribution in [2.24, 2.45) is 0 Å². The summed E-state index contributed by atoms with van der Waals surface area (Å²) < 4.78 is 65.4. The number of esters is 1. The molecule has 0 aromatic rings. The van der Waals surface area contributed by atoms with Crippen LogP contribution >= 0.6 is 0 Å². The smallest absolute Gasteiger partial charge is 0.367 e. The zero-order valence-corrected chi connectivity index (χ0v) is 14.2. The zero-order chi connectivity index (χ0) is 16.7. The van der Waals surface area contributed by atoms with Crippen LogP contribution in [0.5, 0.6) is 0 Å². The maximum Gasteiger partial charge on any atom is 0.367 e. The molecule has 126 valence electrons. The summed E-state index contributed by atoms with van der Waals surface area (Å²) >= 11 is 0. The molecular weight excluding hydrogens is 326 g/mol. The first-order chi connectivity index (χ1) is 9.41. The first-order valence-corrected chi connectivity index (χ1v) is 11.0. The van der Waals surface area contributed by atoms with Gasteiger partial charge in [-0.05, 0) is 25.6 Å². The topological polar surface area (TPSA) is 92.7 Å². The fraction of sp³-hybridized carbons (Fsp3) is 0.909. The molecule has 0 N–H and O–H groups in total. The second kappa shape index (κ2) is 8.16. The Morgan fingerprint density at radius 3 is 2.29 bits per heavy atom. The van der Waals surface area contributed by atoms with Crippen LogP contribution in [0.25, 0.3) is 0 Å². The monoisotopic (exact) mass is 347 g/mol. The van der Waals surface area contributed by atoms with Crippen LogP contribution in [-0.2, 0) is 24.1 Å². The fourth-order valence-corrected chi connectivity index (χ4v) is 2.92. The number of hydrogen-bond acceptors (Lipinski definition) is 6. The van der Waals surface area contributed by atoms with E-state index in [1.807, 2.05) is 0 Å². The van der Waals surface area contributed by atoms with Crippen molar-refractivity contribution in [2.75, 3.05) is 13.7 Å². The van der Waals surface area contributed by atoms with Crippen molar-refractivity contribution >= 4 is 24.4 Å². The quantitative estimate of drug-likeness (QED) is 0.260. The molecule has 0 aliphatic heterocycles. The summed E-state index contributed by atoms with van der Waals surface area (Å²) in [5.41, 5.74) is 0. The summed E-state index contributed by atoms with van der Waals surface area (Å²) in [6.45, 7) is 2.39. The zero-order valence-electron chi connectivity index (χ0n) is 12.4. The van der Waals surface area contributed by atoms with Gasteiger partial charge < -0.3 is 13.7 Å². The fourth-order valence-electron chi connectivity index (χ4n) is 1.41. The van der Waals surface area contributed by atoms with E-state index in [2.05, 4.69) is 17.8 Å². The number of carbonyl (C=O) groups excluding carboxylic acids is 1. The van der Waals surface area contributed by atoms with Crippen LogP contribution in [0.2, 0.25) is 19.1 Å². The lowest BCUT2D eigenvalue weighted by molar-refractivity contribution is -0.149. The van der Waals surface area contributed by atoms with Crippen molar-refractivity contribution in [3.63, 3.8) is 0 Å². The SMILES string of the molecule is CO[Si](C)(C)CCCCCC(=O)OCC(F)(F)S(=O)(=O)[O-]. The van der Waals surface area contributed by atoms with E-state index in [1.54, 1.807) is 7.11 Å². The second-order valence-corrected chi connectivity index (χ2v) is 11.2. The Balaban J connectivity index is 3.88. The molecule has 0 unspecified atom stereocenters. The largest absolute Gasteiger partial charge is 0.743 e. The lowest BCUT2D eigenvalue weighted by Crippen LogP contribution is -2.34. The van der Waals surface area contributed by atoms with Crippen molar-refractivity contribution in [1.82, 2.24) is 0 Å². The van der Waals surface area contributed by atoms with Crippen LogP contribution < -0.4 is 0 Å². The highest BCUT2D eigenvalue weighted by Gasteiger charge is 2.39. The van der Waals surface area contributed by atoms with E-state index < -0.39 is 36.3 Å². The Hall–Kier alpha value is -0.583. The van der Waals surface area contributed by atoms with Crippen LogP contribution in [0.4, 0.5) is 8.78 Å². The van der Waals surface area contributed by atoms with E-state index in [9.17, 15) is 26.5 Å². The molecule has 0 rings (SSSR count). The first kappa shape index (κ1) is 20.4. The standard InChI is InChI=1S/C11H22F2O6SSi/c1-18-21(2,3)8-6-4-5-7-10(14)19-9-11(12,13)20(15,16)17/h4-9H2,1-3H3,(H,15,16,17)/p-1. The van der Waals surface area contributed by atoms with E-state index in [4.69, 9.17) is 4.43 Å². The average Bonchev–Trinajstić information content (AvgIpc) is 2.34. The maximum absolute atomic E-state index is 12.7. The molecule has 0 aliphatic rings. The predicted octanol–water partition coefficient (Wildman–Crippen LogP) is 2.08. The summed E-state index contributed by atoms with van der Waals surface area (Å²) in [6, 6.07) is 0.922. The number of ether oxygens (including phenoxy) is 1. The van der Waals surface area contributed by atoms with Crippen LogP contribution in [0.1, 0.15) is 25.7 Å². The molecular formula is C11H21F2O6SSi-. The van der Waals surface area contributed by atoms with Crippen molar-refractivity contribution in [3.8, 4) is 0 Å². The van der Waals surface area contributed by atoms with E-state index in [0.29, 0.717) is 12.8 Å². The highest BCUT2D eigenvalue weighted by Crippen LogP contribution is 2.21. The lowest BCUT2D eigenvalue weighted by Gasteiger charge is -2.20. The van der Waals surface area contributed by atoms with E-state index >= 15 is 0 Å². The molecule has 0 aliphatic carbocycles. The number of carbonyl (C=O) groups is 1. The summed E-state index contributed by atoms with van der Waals surface area (Å²) in [5.74, 6) is -0.943. The third kappa shape index (κ3) is 8.44. The molecule has 0 aromatic heterocycles. The van der Waals surface area contributed by atoms with Crippen LogP contribution in [-0.4, -0.2) is 46.2 Å². The molecule has 6 nitrogen and oxygen atoms in total. The van der Waals surface area contributed by atoms with E-state index in [1.165, 1.54) is 0 Å². The molecule has 0 amide bonds. The van der Waals surface area contributed by atoms with Gasteiger partial charge in [0.15, 0.2) is 25.0 Å². The average molecular weight is 347 g/mol. The third-order valence-electron chi connectivity index (χ3n) is 2.98. The first-order valence-electron chi connectivity index (χ1n) is 6.45. The number of hydrogen-bond donors (Lipinski definition) is 0. The molecule has 0 saturated carbocycles. The number of halogens is 2. The van der Waals surface area contributed by atoms with Gasteiger partial charge in [-0.25, -0.2) is 8.42 Å². The molecule has 0 spiro atoms. The number of rotatable bonds is 10. The Morgan fingerprint density at radius 1 is 1.24 bits per heavy atom. The van der Waals surface area contributed by atoms with Gasteiger partial charge in [0.05, 0.1) is 0 Å². The van der Waals surface area contributed by atoms with Gasteiger partial charge in [0, 0.05) is 13.5 Å². The van der Waals surface area contributed by atoms with Gasteiger partial charge in [0.2, 0.25) is 0 Å². The van der Waals surface area contributed by atoms with Crippen LogP contribution in [0.15, 0.2) is 0 Å². The third-order valence-corrected chi connectivity index (χ3v) is 6.49. The minimum atomic E-state index is -5.82. The lowest BCUT2D eigenvalue weighted by atomic mass is 10.2. The summed E-state index contributed by atoms with van der Waals surface area (Å²) in [7, 11) is -5.79. The normalized spacial score (nSPS) is 13.2. The minimum Gasteiger partial charge on any atom is -0.743 e. The Kier molecular flexibility index (Phi) is 7.93. The Bertz CT molecular complexity index is 438.